The standard InChI is InChI=1S/C12H23N3O2/c1-2-4-12(5-3-6-12)9-15-11(17)8-14-10(16)7-13/h2-9,13H2,1H3,(H,14,16)(H,15,17). The van der Waals surface area contributed by atoms with E-state index >= 15 is 0 Å². The molecule has 0 aromatic rings. The molecule has 0 aliphatic heterocycles. The Morgan fingerprint density at radius 1 is 1.24 bits per heavy atom. The summed E-state index contributed by atoms with van der Waals surface area (Å²) in [4.78, 5) is 22.4. The first-order valence-corrected chi connectivity index (χ1v) is 6.35. The molecule has 1 aliphatic carbocycles. The maximum atomic E-state index is 11.5. The number of rotatable bonds is 7. The fourth-order valence-electron chi connectivity index (χ4n) is 2.32. The Balaban J connectivity index is 2.20. The number of nitrogens with one attached hydrogen (secondary N) is 2. The minimum absolute atomic E-state index is 0.0260. The van der Waals surface area contributed by atoms with Crippen LogP contribution in [0, 0.1) is 5.41 Å². The zero-order chi connectivity index (χ0) is 12.7. The minimum atomic E-state index is -0.299. The number of amides is 2. The van der Waals surface area contributed by atoms with Gasteiger partial charge >= 0.3 is 0 Å². The number of hydrogen-bond acceptors (Lipinski definition) is 3. The SMILES string of the molecule is CCCC1(CNC(=O)CNC(=O)CN)CCC1. The Bertz CT molecular complexity index is 275. The van der Waals surface area contributed by atoms with Crippen molar-refractivity contribution in [3.05, 3.63) is 0 Å². The molecule has 0 heterocycles. The van der Waals surface area contributed by atoms with Crippen LogP contribution < -0.4 is 16.4 Å². The summed E-state index contributed by atoms with van der Waals surface area (Å²) < 4.78 is 0. The summed E-state index contributed by atoms with van der Waals surface area (Å²) in [5.74, 6) is -0.429. The second kappa shape index (κ2) is 6.59. The van der Waals surface area contributed by atoms with Crippen molar-refractivity contribution in [3.8, 4) is 0 Å². The molecule has 1 fully saturated rings. The third kappa shape index (κ3) is 4.34. The van der Waals surface area contributed by atoms with Gasteiger partial charge in [0.1, 0.15) is 0 Å². The molecule has 0 aromatic carbocycles. The highest BCUT2D eigenvalue weighted by Gasteiger charge is 2.35. The van der Waals surface area contributed by atoms with E-state index in [1.54, 1.807) is 0 Å². The summed E-state index contributed by atoms with van der Waals surface area (Å²) in [6.07, 6.45) is 5.99. The van der Waals surface area contributed by atoms with Crippen LogP contribution in [0.15, 0.2) is 0 Å². The number of carbonyl (C=O) groups excluding carboxylic acids is 2. The lowest BCUT2D eigenvalue weighted by atomic mass is 9.66. The zero-order valence-corrected chi connectivity index (χ0v) is 10.6. The summed E-state index contributed by atoms with van der Waals surface area (Å²) in [5, 5.41) is 5.36. The van der Waals surface area contributed by atoms with E-state index in [1.807, 2.05) is 0 Å². The Labute approximate surface area is 103 Å². The van der Waals surface area contributed by atoms with E-state index in [2.05, 4.69) is 17.6 Å². The van der Waals surface area contributed by atoms with Gasteiger partial charge in [0.2, 0.25) is 11.8 Å². The van der Waals surface area contributed by atoms with Crippen LogP contribution in [0.3, 0.4) is 0 Å². The normalized spacial score (nSPS) is 17.1. The molecule has 0 radical (unpaired) electrons. The Kier molecular flexibility index (Phi) is 5.41. The molecule has 98 valence electrons. The summed E-state index contributed by atoms with van der Waals surface area (Å²) >= 11 is 0. The van der Waals surface area contributed by atoms with Crippen molar-refractivity contribution in [2.45, 2.75) is 39.0 Å². The smallest absolute Gasteiger partial charge is 0.239 e. The minimum Gasteiger partial charge on any atom is -0.354 e. The van der Waals surface area contributed by atoms with Crippen LogP contribution in [-0.4, -0.2) is 31.4 Å². The lowest BCUT2D eigenvalue weighted by molar-refractivity contribution is -0.125. The molecule has 0 saturated heterocycles. The number of hydrogen-bond donors (Lipinski definition) is 3. The summed E-state index contributed by atoms with van der Waals surface area (Å²) in [6.45, 7) is 2.85. The predicted molar refractivity (Wildman–Crippen MR) is 66.3 cm³/mol. The van der Waals surface area contributed by atoms with Crippen molar-refractivity contribution < 1.29 is 9.59 Å². The van der Waals surface area contributed by atoms with E-state index in [0.29, 0.717) is 5.41 Å². The second-order valence-electron chi connectivity index (χ2n) is 4.86. The monoisotopic (exact) mass is 241 g/mol. The molecule has 1 aliphatic rings. The molecular weight excluding hydrogens is 218 g/mol. The van der Waals surface area contributed by atoms with Gasteiger partial charge in [0, 0.05) is 6.54 Å². The van der Waals surface area contributed by atoms with Crippen molar-refractivity contribution in [3.63, 3.8) is 0 Å². The third-order valence-electron chi connectivity index (χ3n) is 3.49. The molecule has 0 spiro atoms. The molecule has 2 amide bonds. The molecule has 5 heteroatoms. The van der Waals surface area contributed by atoms with Crippen LogP contribution in [0.25, 0.3) is 0 Å². The molecule has 0 bridgehead atoms. The van der Waals surface area contributed by atoms with Crippen LogP contribution >= 0.6 is 0 Å². The first-order chi connectivity index (χ1) is 8.12. The first-order valence-electron chi connectivity index (χ1n) is 6.35. The topological polar surface area (TPSA) is 84.2 Å². The Morgan fingerprint density at radius 3 is 2.41 bits per heavy atom. The van der Waals surface area contributed by atoms with Crippen molar-refractivity contribution in [2.24, 2.45) is 11.1 Å². The van der Waals surface area contributed by atoms with Gasteiger partial charge in [-0.3, -0.25) is 9.59 Å². The van der Waals surface area contributed by atoms with Crippen molar-refractivity contribution in [2.75, 3.05) is 19.6 Å². The maximum Gasteiger partial charge on any atom is 0.239 e. The molecule has 17 heavy (non-hydrogen) atoms. The van der Waals surface area contributed by atoms with Crippen LogP contribution in [0.2, 0.25) is 0 Å². The van der Waals surface area contributed by atoms with Gasteiger partial charge in [-0.2, -0.15) is 0 Å². The Hall–Kier alpha value is -1.10. The highest BCUT2D eigenvalue weighted by Crippen LogP contribution is 2.44. The van der Waals surface area contributed by atoms with Crippen LogP contribution in [0.1, 0.15) is 39.0 Å². The van der Waals surface area contributed by atoms with Gasteiger partial charge in [0.15, 0.2) is 0 Å². The van der Waals surface area contributed by atoms with Crippen LogP contribution in [0.4, 0.5) is 0 Å². The highest BCUT2D eigenvalue weighted by atomic mass is 16.2. The lowest BCUT2D eigenvalue weighted by Gasteiger charge is -2.42. The van der Waals surface area contributed by atoms with Gasteiger partial charge in [0.05, 0.1) is 13.1 Å². The summed E-state index contributed by atoms with van der Waals surface area (Å²) in [7, 11) is 0. The van der Waals surface area contributed by atoms with E-state index in [-0.39, 0.29) is 24.9 Å². The van der Waals surface area contributed by atoms with Gasteiger partial charge in [0.25, 0.3) is 0 Å². The van der Waals surface area contributed by atoms with E-state index in [9.17, 15) is 9.59 Å². The van der Waals surface area contributed by atoms with Crippen molar-refractivity contribution in [1.29, 1.82) is 0 Å². The predicted octanol–water partition coefficient (Wildman–Crippen LogP) is 0.148. The number of nitrogens with two attached hydrogens (primary N) is 1. The van der Waals surface area contributed by atoms with Gasteiger partial charge in [-0.1, -0.05) is 19.8 Å². The Morgan fingerprint density at radius 2 is 1.94 bits per heavy atom. The van der Waals surface area contributed by atoms with E-state index in [4.69, 9.17) is 5.73 Å². The second-order valence-corrected chi connectivity index (χ2v) is 4.86. The average Bonchev–Trinajstić information content (AvgIpc) is 2.29. The van der Waals surface area contributed by atoms with Crippen molar-refractivity contribution >= 4 is 11.8 Å². The quantitative estimate of drug-likeness (QED) is 0.593. The van der Waals surface area contributed by atoms with E-state index in [0.717, 1.165) is 13.0 Å². The molecule has 5 nitrogen and oxygen atoms in total. The largest absolute Gasteiger partial charge is 0.354 e. The fourth-order valence-corrected chi connectivity index (χ4v) is 2.32. The summed E-state index contributed by atoms with van der Waals surface area (Å²) in [5.41, 5.74) is 5.45. The highest BCUT2D eigenvalue weighted by molar-refractivity contribution is 5.85. The van der Waals surface area contributed by atoms with E-state index in [1.165, 1.54) is 25.7 Å². The molecule has 1 saturated carbocycles. The van der Waals surface area contributed by atoms with Gasteiger partial charge in [-0.25, -0.2) is 0 Å². The van der Waals surface area contributed by atoms with Crippen LogP contribution in [0.5, 0.6) is 0 Å². The molecule has 0 atom stereocenters. The molecule has 0 unspecified atom stereocenters. The fraction of sp³-hybridized carbons (Fsp3) is 0.833. The van der Waals surface area contributed by atoms with Gasteiger partial charge in [-0.15, -0.1) is 0 Å². The molecule has 0 aromatic heterocycles. The molecule has 4 N–H and O–H groups in total. The van der Waals surface area contributed by atoms with Crippen LogP contribution in [-0.2, 0) is 9.59 Å². The molecule has 1 rings (SSSR count). The summed E-state index contributed by atoms with van der Waals surface area (Å²) in [6, 6.07) is 0. The maximum absolute atomic E-state index is 11.5. The van der Waals surface area contributed by atoms with Crippen molar-refractivity contribution in [1.82, 2.24) is 10.6 Å². The van der Waals surface area contributed by atoms with E-state index < -0.39 is 0 Å². The number of carbonyl (C=O) groups is 2. The lowest BCUT2D eigenvalue weighted by Crippen LogP contribution is -2.45. The van der Waals surface area contributed by atoms with Gasteiger partial charge in [-0.05, 0) is 24.7 Å². The van der Waals surface area contributed by atoms with Gasteiger partial charge < -0.3 is 16.4 Å². The first kappa shape index (κ1) is 14.0. The third-order valence-corrected chi connectivity index (χ3v) is 3.49. The zero-order valence-electron chi connectivity index (χ0n) is 10.6. The average molecular weight is 241 g/mol. The molecular formula is C12H23N3O2.